The molecule has 0 aliphatic rings. The Morgan fingerprint density at radius 1 is 0.333 bits per heavy atom. The maximum Gasteiger partial charge on any atom is 0.343 e. The fourth-order valence-corrected chi connectivity index (χ4v) is 9.40. The van der Waals surface area contributed by atoms with Crippen LogP contribution in [0.1, 0.15) is 231 Å². The summed E-state index contributed by atoms with van der Waals surface area (Å²) in [5.41, 5.74) is 2.50. The van der Waals surface area contributed by atoms with E-state index >= 15 is 0 Å². The normalized spacial score (nSPS) is 11.2. The van der Waals surface area contributed by atoms with Crippen LogP contribution in [-0.2, 0) is 9.59 Å². The van der Waals surface area contributed by atoms with E-state index in [9.17, 15) is 19.2 Å². The third-order valence-corrected chi connectivity index (χ3v) is 14.4. The van der Waals surface area contributed by atoms with Crippen LogP contribution < -0.4 is 28.4 Å². The second kappa shape index (κ2) is 40.3. The van der Waals surface area contributed by atoms with Crippen molar-refractivity contribution in [1.82, 2.24) is 0 Å². The van der Waals surface area contributed by atoms with Gasteiger partial charge in [0.25, 0.3) is 0 Å². The van der Waals surface area contributed by atoms with Crippen LogP contribution in [0.4, 0.5) is 0 Å². The van der Waals surface area contributed by atoms with Gasteiger partial charge in [-0.2, -0.15) is 0 Å². The zero-order chi connectivity index (χ0) is 57.4. The molecule has 0 amide bonds. The Labute approximate surface area is 485 Å². The fourth-order valence-electron chi connectivity index (χ4n) is 9.40. The molecule has 10 heteroatoms. The molecule has 0 fully saturated rings. The molecule has 81 heavy (non-hydrogen) atoms. The number of esters is 4. The van der Waals surface area contributed by atoms with E-state index in [1.165, 1.54) is 166 Å². The maximum absolute atomic E-state index is 12.9. The molecule has 5 rings (SSSR count). The number of carbonyl (C=O) groups excluding carboxylic acids is 4. The van der Waals surface area contributed by atoms with Gasteiger partial charge in [-0.3, -0.25) is 0 Å². The Morgan fingerprint density at radius 3 is 0.926 bits per heavy atom. The summed E-state index contributed by atoms with van der Waals surface area (Å²) in [5, 5.41) is 0. The first-order valence-electron chi connectivity index (χ1n) is 30.7. The Bertz CT molecular complexity index is 2420. The lowest BCUT2D eigenvalue weighted by Crippen LogP contribution is -2.09. The van der Waals surface area contributed by atoms with Crippen molar-refractivity contribution in [3.8, 4) is 34.5 Å². The van der Waals surface area contributed by atoms with Crippen LogP contribution in [0.3, 0.4) is 0 Å². The number of hydrogen-bond acceptors (Lipinski definition) is 10. The van der Waals surface area contributed by atoms with Crippen molar-refractivity contribution in [3.05, 3.63) is 155 Å². The van der Waals surface area contributed by atoms with Crippen molar-refractivity contribution in [2.24, 2.45) is 0 Å². The summed E-state index contributed by atoms with van der Waals surface area (Å²) in [4.78, 5) is 51.5. The molecule has 0 radical (unpaired) electrons. The van der Waals surface area contributed by atoms with Gasteiger partial charge in [-0.15, -0.1) is 0 Å². The van der Waals surface area contributed by atoms with Gasteiger partial charge in [0.1, 0.15) is 34.5 Å². The van der Waals surface area contributed by atoms with E-state index in [2.05, 4.69) is 13.8 Å². The topological polar surface area (TPSA) is 124 Å². The highest BCUT2D eigenvalue weighted by Crippen LogP contribution is 2.29. The lowest BCUT2D eigenvalue weighted by molar-refractivity contribution is -0.129. The molecular formula is C71H92O10. The first-order chi connectivity index (χ1) is 39.7. The molecule has 0 bridgehead atoms. The summed E-state index contributed by atoms with van der Waals surface area (Å²) in [6, 6.07) is 32.3. The highest BCUT2D eigenvalue weighted by Gasteiger charge is 2.14. The summed E-state index contributed by atoms with van der Waals surface area (Å²) in [7, 11) is 0. The van der Waals surface area contributed by atoms with Crippen molar-refractivity contribution >= 4 is 36.0 Å². The Morgan fingerprint density at radius 2 is 0.617 bits per heavy atom. The van der Waals surface area contributed by atoms with Crippen LogP contribution >= 0.6 is 0 Å². The van der Waals surface area contributed by atoms with Gasteiger partial charge in [0, 0.05) is 17.7 Å². The number of carbonyl (C=O) groups is 4. The summed E-state index contributed by atoms with van der Waals surface area (Å²) < 4.78 is 34.2. The van der Waals surface area contributed by atoms with Gasteiger partial charge in [0.2, 0.25) is 0 Å². The third-order valence-electron chi connectivity index (χ3n) is 14.4. The van der Waals surface area contributed by atoms with Crippen LogP contribution in [0.5, 0.6) is 34.5 Å². The number of rotatable bonds is 42. The smallest absolute Gasteiger partial charge is 0.343 e. The average molecular weight is 1110 g/mol. The van der Waals surface area contributed by atoms with E-state index in [0.29, 0.717) is 52.5 Å². The molecule has 0 N–H and O–H groups in total. The van der Waals surface area contributed by atoms with Crippen molar-refractivity contribution in [1.29, 1.82) is 0 Å². The van der Waals surface area contributed by atoms with Gasteiger partial charge in [-0.1, -0.05) is 211 Å². The quantitative estimate of drug-likeness (QED) is 0.0161. The summed E-state index contributed by atoms with van der Waals surface area (Å²) in [6.45, 7) is 7.54. The number of hydrogen-bond donors (Lipinski definition) is 0. The highest BCUT2D eigenvalue weighted by atomic mass is 16.6. The van der Waals surface area contributed by atoms with Gasteiger partial charge in [0.05, 0.1) is 24.3 Å². The van der Waals surface area contributed by atoms with Gasteiger partial charge >= 0.3 is 23.9 Å². The van der Waals surface area contributed by atoms with Gasteiger partial charge in [-0.05, 0) is 128 Å². The third kappa shape index (κ3) is 27.9. The van der Waals surface area contributed by atoms with Crippen molar-refractivity contribution in [2.75, 3.05) is 13.2 Å². The van der Waals surface area contributed by atoms with E-state index in [1.54, 1.807) is 110 Å². The summed E-state index contributed by atoms with van der Waals surface area (Å²) >= 11 is 0. The lowest BCUT2D eigenvalue weighted by atomic mass is 10.0. The first-order valence-corrected chi connectivity index (χ1v) is 30.7. The van der Waals surface area contributed by atoms with Gasteiger partial charge in [0.15, 0.2) is 0 Å². The molecule has 0 aliphatic heterocycles. The van der Waals surface area contributed by atoms with Crippen LogP contribution in [-0.4, -0.2) is 37.1 Å². The minimum absolute atomic E-state index is 0.226. The molecule has 0 aromatic heterocycles. The zero-order valence-corrected chi connectivity index (χ0v) is 49.1. The maximum atomic E-state index is 12.9. The fraction of sp³-hybridized carbons (Fsp3) is 0.465. The first kappa shape index (κ1) is 64.9. The molecule has 0 aliphatic carbocycles. The van der Waals surface area contributed by atoms with E-state index in [4.69, 9.17) is 28.4 Å². The van der Waals surface area contributed by atoms with E-state index < -0.39 is 23.9 Å². The predicted octanol–water partition coefficient (Wildman–Crippen LogP) is 19.4. The molecule has 5 aromatic carbocycles. The molecule has 0 spiro atoms. The number of unbranched alkanes of at least 4 members (excludes halogenated alkanes) is 26. The van der Waals surface area contributed by atoms with E-state index in [0.717, 1.165) is 37.2 Å². The second-order valence-electron chi connectivity index (χ2n) is 21.2. The highest BCUT2D eigenvalue weighted by molar-refractivity contribution is 5.93. The van der Waals surface area contributed by atoms with Gasteiger partial charge < -0.3 is 28.4 Å². The standard InChI is InChI=1S/C71H92O10/c1-4-6-8-10-12-14-16-18-20-22-24-26-28-30-55-76-62-45-49-64(50-46-62)78-70(74)60-41-35-58(36-42-60)39-53-68(72)80-66-33-32-34-67(57(66)3)81-69(73)54-40-59-37-43-61(44-38-59)71(75)79-65-51-47-63(48-52-65)77-56-31-29-27-25-23-21-19-17-15-13-11-9-7-5-2/h32-54H,4-31,55-56H2,1-3H3/b53-39+,54-40+. The lowest BCUT2D eigenvalue weighted by Gasteiger charge is -2.10. The SMILES string of the molecule is CCCCCCCCCCCCCCCCOc1ccc(OC(=O)c2ccc(/C=C/C(=O)Oc3cccc(OC(=O)/C=C/c4ccc(C(=O)Oc5ccc(OCCCCCCCCCCCCCCCC)cc5)cc4)c3C)cc2)cc1. The molecular weight excluding hydrogens is 1010 g/mol. The van der Waals surface area contributed by atoms with Crippen LogP contribution in [0, 0.1) is 6.92 Å². The van der Waals surface area contributed by atoms with Crippen molar-refractivity contribution in [2.45, 2.75) is 201 Å². The molecule has 0 unspecified atom stereocenters. The Balaban J connectivity index is 0.924. The molecule has 0 saturated carbocycles. The summed E-state index contributed by atoms with van der Waals surface area (Å²) in [5.74, 6) is 0.471. The Hall–Kier alpha value is -6.94. The van der Waals surface area contributed by atoms with Crippen LogP contribution in [0.25, 0.3) is 12.2 Å². The van der Waals surface area contributed by atoms with Crippen LogP contribution in [0.15, 0.2) is 127 Å². The largest absolute Gasteiger partial charge is 0.494 e. The monoisotopic (exact) mass is 1100 g/mol. The van der Waals surface area contributed by atoms with E-state index in [1.807, 2.05) is 24.3 Å². The molecule has 5 aromatic rings. The number of ether oxygens (including phenoxy) is 6. The van der Waals surface area contributed by atoms with Gasteiger partial charge in [-0.25, -0.2) is 19.2 Å². The predicted molar refractivity (Wildman–Crippen MR) is 328 cm³/mol. The minimum Gasteiger partial charge on any atom is -0.494 e. The number of benzene rings is 5. The van der Waals surface area contributed by atoms with Crippen LogP contribution in [0.2, 0.25) is 0 Å². The zero-order valence-electron chi connectivity index (χ0n) is 49.1. The molecule has 0 saturated heterocycles. The molecule has 0 atom stereocenters. The molecule has 436 valence electrons. The molecule has 10 nitrogen and oxygen atoms in total. The molecule has 0 heterocycles. The summed E-state index contributed by atoms with van der Waals surface area (Å²) in [6.07, 6.45) is 42.5. The average Bonchev–Trinajstić information content (AvgIpc) is 3.50. The minimum atomic E-state index is -0.641. The second-order valence-corrected chi connectivity index (χ2v) is 21.2. The van der Waals surface area contributed by atoms with Crippen molar-refractivity contribution in [3.63, 3.8) is 0 Å². The van der Waals surface area contributed by atoms with Crippen molar-refractivity contribution < 1.29 is 47.6 Å². The van der Waals surface area contributed by atoms with E-state index in [-0.39, 0.29) is 11.5 Å². The Kier molecular flexibility index (Phi) is 32.3.